The second-order valence-electron chi connectivity index (χ2n) is 5.87. The first-order chi connectivity index (χ1) is 11.5. The molecule has 0 spiro atoms. The van der Waals surface area contributed by atoms with Gasteiger partial charge >= 0.3 is 0 Å². The largest absolute Gasteiger partial charge is 0.326 e. The van der Waals surface area contributed by atoms with Crippen LogP contribution in [0, 0.1) is 0 Å². The summed E-state index contributed by atoms with van der Waals surface area (Å²) in [5.41, 5.74) is 2.10. The van der Waals surface area contributed by atoms with Crippen LogP contribution >= 0.6 is 0 Å². The number of anilines is 1. The summed E-state index contributed by atoms with van der Waals surface area (Å²) in [4.78, 5) is 11.8. The van der Waals surface area contributed by atoms with Crippen molar-refractivity contribution in [2.45, 2.75) is 37.7 Å². The second-order valence-corrected chi connectivity index (χ2v) is 7.93. The zero-order chi connectivity index (χ0) is 17.4. The van der Waals surface area contributed by atoms with Crippen LogP contribution in [0.5, 0.6) is 0 Å². The molecule has 24 heavy (non-hydrogen) atoms. The Kier molecular flexibility index (Phi) is 6.55. The van der Waals surface area contributed by atoms with Gasteiger partial charge in [0.05, 0.1) is 11.5 Å². The van der Waals surface area contributed by atoms with Gasteiger partial charge in [-0.25, -0.2) is 8.42 Å². The van der Waals surface area contributed by atoms with Crippen molar-refractivity contribution in [1.29, 1.82) is 0 Å². The fraction of sp³-hybridized carbons (Fsp3) is 0.316. The normalized spacial score (nSPS) is 11.2. The third-order valence-electron chi connectivity index (χ3n) is 3.58. The van der Waals surface area contributed by atoms with Crippen molar-refractivity contribution < 1.29 is 13.2 Å². The molecular formula is C19H23NO3S. The lowest BCUT2D eigenvalue weighted by Gasteiger charge is -2.08. The molecule has 5 heteroatoms. The van der Waals surface area contributed by atoms with Crippen LogP contribution in [0.1, 0.15) is 37.3 Å². The van der Waals surface area contributed by atoms with E-state index in [0.717, 1.165) is 18.4 Å². The lowest BCUT2D eigenvalue weighted by molar-refractivity contribution is -0.116. The molecule has 0 fully saturated rings. The predicted octanol–water partition coefficient (Wildman–Crippen LogP) is 3.93. The minimum atomic E-state index is -3.26. The van der Waals surface area contributed by atoms with Crippen LogP contribution in [-0.4, -0.2) is 14.3 Å². The number of unbranched alkanes of at least 4 members (excludes halogenated alkanes) is 1. The Morgan fingerprint density at radius 1 is 0.958 bits per heavy atom. The number of amides is 1. The number of carbonyl (C=O) groups excluding carboxylic acids is 1. The molecule has 128 valence electrons. The summed E-state index contributed by atoms with van der Waals surface area (Å²) in [6.07, 6.45) is 2.29. The van der Waals surface area contributed by atoms with Gasteiger partial charge in [-0.2, -0.15) is 0 Å². The van der Waals surface area contributed by atoms with Gasteiger partial charge in [-0.1, -0.05) is 55.8 Å². The highest BCUT2D eigenvalue weighted by atomic mass is 32.2. The van der Waals surface area contributed by atoms with Gasteiger partial charge in [0, 0.05) is 12.1 Å². The van der Waals surface area contributed by atoms with E-state index in [2.05, 4.69) is 5.32 Å². The first kappa shape index (κ1) is 18.2. The van der Waals surface area contributed by atoms with E-state index in [1.165, 1.54) is 0 Å². The zero-order valence-electron chi connectivity index (χ0n) is 13.9. The molecule has 0 unspecified atom stereocenters. The van der Waals surface area contributed by atoms with Crippen LogP contribution in [0.3, 0.4) is 0 Å². The topological polar surface area (TPSA) is 63.2 Å². The van der Waals surface area contributed by atoms with Crippen LogP contribution in [0.25, 0.3) is 0 Å². The molecule has 0 radical (unpaired) electrons. The summed E-state index contributed by atoms with van der Waals surface area (Å²) in [6.45, 7) is 2.03. The molecule has 0 aliphatic carbocycles. The van der Waals surface area contributed by atoms with E-state index in [0.29, 0.717) is 17.7 Å². The number of carbonyl (C=O) groups is 1. The molecule has 0 heterocycles. The first-order valence-electron chi connectivity index (χ1n) is 8.11. The third kappa shape index (κ3) is 6.16. The minimum absolute atomic E-state index is 0.0148. The molecule has 0 aliphatic rings. The summed E-state index contributed by atoms with van der Waals surface area (Å²) in [6, 6.07) is 16.2. The second kappa shape index (κ2) is 8.64. The number of rotatable bonds is 8. The van der Waals surface area contributed by atoms with Crippen LogP contribution in [0.15, 0.2) is 54.6 Å². The van der Waals surface area contributed by atoms with Gasteiger partial charge < -0.3 is 5.32 Å². The smallest absolute Gasteiger partial charge is 0.224 e. The molecule has 2 rings (SSSR count). The van der Waals surface area contributed by atoms with Crippen molar-refractivity contribution in [1.82, 2.24) is 0 Å². The van der Waals surface area contributed by atoms with Gasteiger partial charge in [0.2, 0.25) is 5.91 Å². The highest BCUT2D eigenvalue weighted by Gasteiger charge is 2.13. The Morgan fingerprint density at radius 2 is 1.62 bits per heavy atom. The fourth-order valence-corrected chi connectivity index (χ4v) is 3.92. The van der Waals surface area contributed by atoms with Crippen LogP contribution in [0.4, 0.5) is 5.69 Å². The van der Waals surface area contributed by atoms with Crippen LogP contribution in [0.2, 0.25) is 0 Å². The van der Waals surface area contributed by atoms with Gasteiger partial charge in [-0.3, -0.25) is 4.79 Å². The Labute approximate surface area is 143 Å². The number of nitrogens with one attached hydrogen (secondary N) is 1. The standard InChI is InChI=1S/C19H23NO3S/c1-2-3-12-19(21)20-18-11-7-10-17(13-18)15-24(22,23)14-16-8-5-4-6-9-16/h4-11,13H,2-3,12,14-15H2,1H3,(H,20,21). The maximum absolute atomic E-state index is 12.4. The molecule has 1 amide bonds. The average molecular weight is 345 g/mol. The zero-order valence-corrected chi connectivity index (χ0v) is 14.7. The van der Waals surface area contributed by atoms with Gasteiger partial charge in [-0.15, -0.1) is 0 Å². The molecule has 1 N–H and O–H groups in total. The molecule has 4 nitrogen and oxygen atoms in total. The van der Waals surface area contributed by atoms with Crippen molar-refractivity contribution >= 4 is 21.4 Å². The maximum atomic E-state index is 12.4. The molecular weight excluding hydrogens is 322 g/mol. The highest BCUT2D eigenvalue weighted by Crippen LogP contribution is 2.16. The van der Waals surface area contributed by atoms with Crippen molar-refractivity contribution in [3.8, 4) is 0 Å². The van der Waals surface area contributed by atoms with Gasteiger partial charge in [0.15, 0.2) is 9.84 Å². The number of benzene rings is 2. The van der Waals surface area contributed by atoms with Gasteiger partial charge in [0.25, 0.3) is 0 Å². The molecule has 0 aromatic heterocycles. The molecule has 2 aromatic carbocycles. The summed E-state index contributed by atoms with van der Waals surface area (Å²) in [5, 5.41) is 2.82. The van der Waals surface area contributed by atoms with Crippen molar-refractivity contribution in [2.24, 2.45) is 0 Å². The Balaban J connectivity index is 2.02. The first-order valence-corrected chi connectivity index (χ1v) is 9.94. The summed E-state index contributed by atoms with van der Waals surface area (Å²) < 4.78 is 24.7. The van der Waals surface area contributed by atoms with E-state index in [-0.39, 0.29) is 17.4 Å². The highest BCUT2D eigenvalue weighted by molar-refractivity contribution is 7.89. The summed E-state index contributed by atoms with van der Waals surface area (Å²) >= 11 is 0. The van der Waals surface area contributed by atoms with E-state index in [1.807, 2.05) is 37.3 Å². The number of hydrogen-bond donors (Lipinski definition) is 1. The number of hydrogen-bond acceptors (Lipinski definition) is 3. The SMILES string of the molecule is CCCCC(=O)Nc1cccc(CS(=O)(=O)Cc2ccccc2)c1. The van der Waals surface area contributed by atoms with Crippen LogP contribution in [-0.2, 0) is 26.1 Å². The van der Waals surface area contributed by atoms with E-state index < -0.39 is 9.84 Å². The lowest BCUT2D eigenvalue weighted by atomic mass is 10.2. The number of sulfone groups is 1. The third-order valence-corrected chi connectivity index (χ3v) is 5.13. The van der Waals surface area contributed by atoms with Crippen molar-refractivity contribution in [3.63, 3.8) is 0 Å². The van der Waals surface area contributed by atoms with E-state index in [4.69, 9.17) is 0 Å². The van der Waals surface area contributed by atoms with Gasteiger partial charge in [-0.05, 0) is 29.7 Å². The summed E-state index contributed by atoms with van der Waals surface area (Å²) in [5.74, 6) is -0.0669. The minimum Gasteiger partial charge on any atom is -0.326 e. The van der Waals surface area contributed by atoms with E-state index >= 15 is 0 Å². The lowest BCUT2D eigenvalue weighted by Crippen LogP contribution is -2.12. The van der Waals surface area contributed by atoms with Crippen molar-refractivity contribution in [2.75, 3.05) is 5.32 Å². The Hall–Kier alpha value is -2.14. The Bertz CT molecular complexity index is 770. The van der Waals surface area contributed by atoms with E-state index in [1.54, 1.807) is 24.3 Å². The maximum Gasteiger partial charge on any atom is 0.224 e. The van der Waals surface area contributed by atoms with Crippen LogP contribution < -0.4 is 5.32 Å². The molecule has 0 bridgehead atoms. The quantitative estimate of drug-likeness (QED) is 0.788. The van der Waals surface area contributed by atoms with Gasteiger partial charge in [0.1, 0.15) is 0 Å². The predicted molar refractivity (Wildman–Crippen MR) is 97.4 cm³/mol. The molecule has 0 atom stereocenters. The molecule has 0 saturated carbocycles. The Morgan fingerprint density at radius 3 is 2.33 bits per heavy atom. The molecule has 2 aromatic rings. The monoisotopic (exact) mass is 345 g/mol. The molecule has 0 saturated heterocycles. The molecule has 0 aliphatic heterocycles. The summed E-state index contributed by atoms with van der Waals surface area (Å²) in [7, 11) is -3.26. The fourth-order valence-electron chi connectivity index (χ4n) is 2.43. The average Bonchev–Trinajstić information content (AvgIpc) is 2.53. The van der Waals surface area contributed by atoms with Crippen molar-refractivity contribution in [3.05, 3.63) is 65.7 Å². The van der Waals surface area contributed by atoms with E-state index in [9.17, 15) is 13.2 Å².